The second-order valence-electron chi connectivity index (χ2n) is 8.37. The monoisotopic (exact) mass is 524 g/mol. The van der Waals surface area contributed by atoms with Crippen molar-refractivity contribution in [1.82, 2.24) is 0 Å². The predicted octanol–water partition coefficient (Wildman–Crippen LogP) is 6.15. The summed E-state index contributed by atoms with van der Waals surface area (Å²) in [5.74, 6) is 0. The van der Waals surface area contributed by atoms with Gasteiger partial charge in [0.1, 0.15) is 23.7 Å². The first kappa shape index (κ1) is 26.8. The summed E-state index contributed by atoms with van der Waals surface area (Å²) in [4.78, 5) is 0. The quantitative estimate of drug-likeness (QED) is 0.263. The van der Waals surface area contributed by atoms with Crippen molar-refractivity contribution >= 4 is 28.4 Å². The molecule has 1 heterocycles. The van der Waals surface area contributed by atoms with E-state index in [9.17, 15) is 0 Å². The van der Waals surface area contributed by atoms with Crippen LogP contribution < -0.4 is 0 Å². The summed E-state index contributed by atoms with van der Waals surface area (Å²) in [5.41, 5.74) is 2.90. The van der Waals surface area contributed by atoms with Crippen LogP contribution >= 0.6 is 24.0 Å². The van der Waals surface area contributed by atoms with Crippen LogP contribution in [-0.4, -0.2) is 41.3 Å². The van der Waals surface area contributed by atoms with Crippen molar-refractivity contribution in [3.05, 3.63) is 108 Å². The fraction of sp³-hybridized carbons (Fsp3) is 0.345. The van der Waals surface area contributed by atoms with Gasteiger partial charge >= 0.3 is 0 Å². The van der Waals surface area contributed by atoms with Crippen molar-refractivity contribution in [1.29, 1.82) is 0 Å². The average Bonchev–Trinajstić information content (AvgIpc) is 3.23. The number of rotatable bonds is 12. The Kier molecular flexibility index (Phi) is 10.8. The fourth-order valence-electron chi connectivity index (χ4n) is 3.95. The molecule has 36 heavy (non-hydrogen) atoms. The summed E-state index contributed by atoms with van der Waals surface area (Å²) >= 11 is 6.78. The molecule has 5 nitrogen and oxygen atoms in total. The molecule has 0 unspecified atom stereocenters. The van der Waals surface area contributed by atoms with E-state index in [0.717, 1.165) is 16.7 Å². The summed E-state index contributed by atoms with van der Waals surface area (Å²) in [6, 6.07) is 30.3. The second-order valence-corrected chi connectivity index (χ2v) is 10.1. The number of thioether (sulfide) groups is 1. The zero-order valence-electron chi connectivity index (χ0n) is 20.4. The van der Waals surface area contributed by atoms with E-state index in [1.54, 1.807) is 0 Å². The van der Waals surface area contributed by atoms with Gasteiger partial charge in [0.05, 0.1) is 33.0 Å². The van der Waals surface area contributed by atoms with E-state index in [0.29, 0.717) is 37.4 Å². The maximum Gasteiger partial charge on any atom is 0.222 e. The highest BCUT2D eigenvalue weighted by Crippen LogP contribution is 2.35. The third-order valence-corrected chi connectivity index (χ3v) is 7.03. The van der Waals surface area contributed by atoms with Gasteiger partial charge in [-0.25, -0.2) is 0 Å². The Morgan fingerprint density at radius 1 is 0.750 bits per heavy atom. The van der Waals surface area contributed by atoms with E-state index in [1.165, 1.54) is 11.8 Å². The van der Waals surface area contributed by atoms with Gasteiger partial charge in [-0.3, -0.25) is 0 Å². The van der Waals surface area contributed by atoms with Crippen molar-refractivity contribution in [3.8, 4) is 0 Å². The zero-order chi connectivity index (χ0) is 25.0. The van der Waals surface area contributed by atoms with Gasteiger partial charge in [-0.05, 0) is 47.6 Å². The molecular weight excluding hydrogens is 492 g/mol. The number of thiocarbonyl (C=S) groups is 1. The Morgan fingerprint density at radius 3 is 1.78 bits per heavy atom. The maximum absolute atomic E-state index is 6.45. The van der Waals surface area contributed by atoms with Gasteiger partial charge in [-0.15, -0.1) is 0 Å². The van der Waals surface area contributed by atoms with Crippen LogP contribution in [-0.2, 0) is 43.5 Å². The van der Waals surface area contributed by atoms with E-state index in [2.05, 4.69) is 0 Å². The lowest BCUT2D eigenvalue weighted by molar-refractivity contribution is -0.0895. The summed E-state index contributed by atoms with van der Waals surface area (Å²) < 4.78 is 31.4. The maximum atomic E-state index is 6.45. The van der Waals surface area contributed by atoms with Gasteiger partial charge in [0.2, 0.25) is 4.38 Å². The van der Waals surface area contributed by atoms with Gasteiger partial charge < -0.3 is 23.7 Å². The molecule has 3 aromatic carbocycles. The van der Waals surface area contributed by atoms with E-state index >= 15 is 0 Å². The van der Waals surface area contributed by atoms with Crippen LogP contribution in [0.3, 0.4) is 0 Å². The number of ether oxygens (including phenoxy) is 5. The molecule has 0 aliphatic carbocycles. The first-order valence-electron chi connectivity index (χ1n) is 12.1. The molecule has 4 atom stereocenters. The number of hydrogen-bond acceptors (Lipinski definition) is 7. The van der Waals surface area contributed by atoms with E-state index in [4.69, 9.17) is 35.9 Å². The van der Waals surface area contributed by atoms with Gasteiger partial charge in [-0.1, -0.05) is 91.0 Å². The molecule has 0 N–H and O–H groups in total. The second kappa shape index (κ2) is 14.5. The number of hydrogen-bond donors (Lipinski definition) is 0. The zero-order valence-corrected chi connectivity index (χ0v) is 22.0. The van der Waals surface area contributed by atoms with Crippen LogP contribution in [0.5, 0.6) is 0 Å². The van der Waals surface area contributed by atoms with Crippen LogP contribution in [0.4, 0.5) is 0 Å². The third kappa shape index (κ3) is 8.13. The largest absolute Gasteiger partial charge is 0.479 e. The minimum atomic E-state index is -0.376. The van der Waals surface area contributed by atoms with Crippen molar-refractivity contribution in [3.63, 3.8) is 0 Å². The molecule has 1 aliphatic heterocycles. The van der Waals surface area contributed by atoms with Crippen molar-refractivity contribution in [2.75, 3.05) is 13.2 Å². The van der Waals surface area contributed by atoms with Crippen LogP contribution in [0.2, 0.25) is 0 Å². The van der Waals surface area contributed by atoms with Gasteiger partial charge in [-0.2, -0.15) is 0 Å². The van der Waals surface area contributed by atoms with Gasteiger partial charge in [0.15, 0.2) is 0 Å². The molecule has 0 saturated carbocycles. The normalized spacial score (nSPS) is 21.4. The molecule has 0 amide bonds. The summed E-state index contributed by atoms with van der Waals surface area (Å²) in [6.07, 6.45) is -1.02. The van der Waals surface area contributed by atoms with Crippen molar-refractivity contribution < 1.29 is 23.7 Å². The number of benzene rings is 3. The molecule has 1 aliphatic rings. The van der Waals surface area contributed by atoms with Gasteiger partial charge in [0, 0.05) is 0 Å². The SMILES string of the molecule is CCOC(=S)S[C@H]1O[C@@H](COCc2ccccc2)[C@H](OCc2ccccc2)[C@H]1OCc1ccccc1. The molecule has 0 spiro atoms. The Hall–Kier alpha value is -2.26. The average molecular weight is 525 g/mol. The Labute approximate surface area is 223 Å². The Bertz CT molecular complexity index is 1040. The summed E-state index contributed by atoms with van der Waals surface area (Å²) in [7, 11) is 0. The lowest BCUT2D eigenvalue weighted by Crippen LogP contribution is -2.38. The Balaban J connectivity index is 1.49. The van der Waals surface area contributed by atoms with Crippen molar-refractivity contribution in [2.24, 2.45) is 0 Å². The van der Waals surface area contributed by atoms with E-state index in [1.807, 2.05) is 97.9 Å². The lowest BCUT2D eigenvalue weighted by atomic mass is 10.1. The molecule has 0 aromatic heterocycles. The molecule has 3 aromatic rings. The first-order chi connectivity index (χ1) is 17.7. The summed E-state index contributed by atoms with van der Waals surface area (Å²) in [6.45, 7) is 4.18. The summed E-state index contributed by atoms with van der Waals surface area (Å²) in [5, 5.41) is 0. The lowest BCUT2D eigenvalue weighted by Gasteiger charge is -2.25. The topological polar surface area (TPSA) is 46.2 Å². The highest BCUT2D eigenvalue weighted by molar-refractivity contribution is 8.22. The molecule has 0 bridgehead atoms. The van der Waals surface area contributed by atoms with Crippen LogP contribution in [0.1, 0.15) is 23.6 Å². The van der Waals surface area contributed by atoms with E-state index in [-0.39, 0.29) is 23.7 Å². The predicted molar refractivity (Wildman–Crippen MR) is 147 cm³/mol. The molecule has 1 saturated heterocycles. The molecule has 0 radical (unpaired) electrons. The van der Waals surface area contributed by atoms with Crippen LogP contribution in [0, 0.1) is 0 Å². The highest BCUT2D eigenvalue weighted by Gasteiger charge is 2.47. The third-order valence-electron chi connectivity index (χ3n) is 5.71. The smallest absolute Gasteiger partial charge is 0.222 e. The molecule has 7 heteroatoms. The Morgan fingerprint density at radius 2 is 1.25 bits per heavy atom. The molecule has 190 valence electrons. The molecular formula is C29H32O5S2. The molecule has 1 fully saturated rings. The first-order valence-corrected chi connectivity index (χ1v) is 13.4. The molecule has 4 rings (SSSR count). The minimum Gasteiger partial charge on any atom is -0.479 e. The van der Waals surface area contributed by atoms with Crippen LogP contribution in [0.15, 0.2) is 91.0 Å². The van der Waals surface area contributed by atoms with Crippen LogP contribution in [0.25, 0.3) is 0 Å². The standard InChI is InChI=1S/C29H32O5S2/c1-2-31-29(35)36-28-27(33-20-24-16-10-5-11-17-24)26(32-19-23-14-8-4-9-15-23)25(34-28)21-30-18-22-12-6-3-7-13-22/h3-17,25-28H,2,18-21H2,1H3/t25-,26-,27+,28+/m0/s1. The van der Waals surface area contributed by atoms with E-state index < -0.39 is 0 Å². The minimum absolute atomic E-state index is 0.319. The highest BCUT2D eigenvalue weighted by atomic mass is 32.2. The van der Waals surface area contributed by atoms with Gasteiger partial charge in [0.25, 0.3) is 0 Å². The fourth-order valence-corrected chi connectivity index (χ4v) is 5.29. The van der Waals surface area contributed by atoms with Crippen molar-refractivity contribution in [2.45, 2.75) is 50.5 Å².